The second kappa shape index (κ2) is 8.13. The summed E-state index contributed by atoms with van der Waals surface area (Å²) in [5.41, 5.74) is 1.04. The van der Waals surface area contributed by atoms with Gasteiger partial charge in [0.1, 0.15) is 0 Å². The minimum absolute atomic E-state index is 0.0850. The van der Waals surface area contributed by atoms with Crippen molar-refractivity contribution in [3.8, 4) is 0 Å². The van der Waals surface area contributed by atoms with Crippen molar-refractivity contribution < 1.29 is 14.4 Å². The Balaban J connectivity index is 1.73. The van der Waals surface area contributed by atoms with Gasteiger partial charge >= 0.3 is 0 Å². The lowest BCUT2D eigenvalue weighted by Gasteiger charge is -2.31. The zero-order valence-corrected chi connectivity index (χ0v) is 17.8. The molecule has 2 atom stereocenters. The number of benzene rings is 2. The highest BCUT2D eigenvalue weighted by molar-refractivity contribution is 9.10. The summed E-state index contributed by atoms with van der Waals surface area (Å²) in [7, 11) is 0. The van der Waals surface area contributed by atoms with Gasteiger partial charge in [-0.05, 0) is 42.7 Å². The Hall–Kier alpha value is -2.44. The maximum absolute atomic E-state index is 13.4. The van der Waals surface area contributed by atoms with E-state index in [2.05, 4.69) is 15.9 Å². The lowest BCUT2D eigenvalue weighted by Crippen LogP contribution is -2.49. The molecule has 0 N–H and O–H groups in total. The Morgan fingerprint density at radius 1 is 1.00 bits per heavy atom. The van der Waals surface area contributed by atoms with Crippen LogP contribution in [0.4, 0.5) is 0 Å². The molecule has 1 heterocycles. The minimum atomic E-state index is -0.480. The molecule has 3 amide bonds. The lowest BCUT2D eigenvalue weighted by atomic mass is 9.85. The number of carbonyl (C=O) groups excluding carboxylic acids is 3. The molecule has 7 heteroatoms. The van der Waals surface area contributed by atoms with E-state index >= 15 is 0 Å². The van der Waals surface area contributed by atoms with E-state index in [1.165, 1.54) is 5.01 Å². The smallest absolute Gasteiger partial charge is 0.272 e. The van der Waals surface area contributed by atoms with Crippen molar-refractivity contribution in [1.29, 1.82) is 0 Å². The Morgan fingerprint density at radius 2 is 1.59 bits per heavy atom. The van der Waals surface area contributed by atoms with Gasteiger partial charge in [0, 0.05) is 4.47 Å². The van der Waals surface area contributed by atoms with Gasteiger partial charge in [-0.15, -0.1) is 0 Å². The van der Waals surface area contributed by atoms with Crippen LogP contribution in [0, 0.1) is 11.8 Å². The first kappa shape index (κ1) is 19.9. The topological polar surface area (TPSA) is 57.7 Å². The number of hydrazine groups is 1. The van der Waals surface area contributed by atoms with Gasteiger partial charge in [-0.1, -0.05) is 63.9 Å². The van der Waals surface area contributed by atoms with Crippen LogP contribution < -0.4 is 0 Å². The van der Waals surface area contributed by atoms with E-state index in [0.717, 1.165) is 15.0 Å². The summed E-state index contributed by atoms with van der Waals surface area (Å²) in [5, 5.41) is 2.54. The van der Waals surface area contributed by atoms with Gasteiger partial charge in [0.05, 0.1) is 29.0 Å². The van der Waals surface area contributed by atoms with E-state index in [-0.39, 0.29) is 28.9 Å². The third-order valence-corrected chi connectivity index (χ3v) is 6.17. The lowest BCUT2D eigenvalue weighted by molar-refractivity contribution is -0.155. The first-order valence-electron chi connectivity index (χ1n) is 9.31. The Bertz CT molecular complexity index is 979. The summed E-state index contributed by atoms with van der Waals surface area (Å²) >= 11 is 9.63. The van der Waals surface area contributed by atoms with Gasteiger partial charge in [0.25, 0.3) is 17.7 Å². The number of hydrogen-bond acceptors (Lipinski definition) is 3. The van der Waals surface area contributed by atoms with Crippen molar-refractivity contribution in [3.05, 3.63) is 81.3 Å². The van der Waals surface area contributed by atoms with Crippen LogP contribution >= 0.6 is 27.5 Å². The molecule has 1 fully saturated rings. The molecule has 0 aromatic heterocycles. The molecule has 0 saturated carbocycles. The number of allylic oxidation sites excluding steroid dienone is 2. The molecule has 1 aliphatic heterocycles. The maximum Gasteiger partial charge on any atom is 0.274 e. The molecule has 0 unspecified atom stereocenters. The summed E-state index contributed by atoms with van der Waals surface area (Å²) in [5.74, 6) is -1.98. The van der Waals surface area contributed by atoms with E-state index in [4.69, 9.17) is 11.6 Å². The summed E-state index contributed by atoms with van der Waals surface area (Å²) in [4.78, 5) is 39.6. The third kappa shape index (κ3) is 3.74. The average Bonchev–Trinajstić information content (AvgIpc) is 2.98. The molecule has 0 bridgehead atoms. The van der Waals surface area contributed by atoms with Gasteiger partial charge < -0.3 is 0 Å². The SMILES string of the molecule is O=C(c1ccccc1Cl)N(Cc1ccc(Br)cc1)N1C(=O)[C@H]2CC=CC[C@@H]2C1=O. The van der Waals surface area contributed by atoms with Crippen molar-refractivity contribution in [1.82, 2.24) is 10.0 Å². The summed E-state index contributed by atoms with van der Waals surface area (Å²) < 4.78 is 0.899. The van der Waals surface area contributed by atoms with E-state index < -0.39 is 17.7 Å². The molecule has 29 heavy (non-hydrogen) atoms. The molecule has 1 saturated heterocycles. The predicted molar refractivity (Wildman–Crippen MR) is 113 cm³/mol. The van der Waals surface area contributed by atoms with Crippen LogP contribution in [0.25, 0.3) is 0 Å². The molecule has 2 aromatic carbocycles. The standard InChI is InChI=1S/C22H18BrClN2O3/c23-15-11-9-14(10-12-15)13-25(20(27)18-7-3-4-8-19(18)24)26-21(28)16-5-1-2-6-17(16)22(26)29/h1-4,7-12,16-17H,5-6,13H2/t16-,17-/m0/s1. The van der Waals surface area contributed by atoms with E-state index in [0.29, 0.717) is 12.8 Å². The first-order chi connectivity index (χ1) is 14.0. The molecule has 2 aromatic rings. The van der Waals surface area contributed by atoms with Crippen molar-refractivity contribution in [2.24, 2.45) is 11.8 Å². The number of fused-ring (bicyclic) bond motifs is 1. The fraction of sp³-hybridized carbons (Fsp3) is 0.227. The fourth-order valence-corrected chi connectivity index (χ4v) is 4.27. The van der Waals surface area contributed by atoms with E-state index in [9.17, 15) is 14.4 Å². The monoisotopic (exact) mass is 472 g/mol. The maximum atomic E-state index is 13.4. The van der Waals surface area contributed by atoms with Gasteiger partial charge in [0.15, 0.2) is 0 Å². The minimum Gasteiger partial charge on any atom is -0.272 e. The zero-order chi connectivity index (χ0) is 20.5. The van der Waals surface area contributed by atoms with Gasteiger partial charge in [-0.2, -0.15) is 5.01 Å². The predicted octanol–water partition coefficient (Wildman–Crippen LogP) is 4.61. The summed E-state index contributed by atoms with van der Waals surface area (Å²) in [6, 6.07) is 14.0. The molecule has 0 radical (unpaired) electrons. The van der Waals surface area contributed by atoms with Crippen LogP contribution in [0.1, 0.15) is 28.8 Å². The second-order valence-electron chi connectivity index (χ2n) is 7.11. The number of imide groups is 1. The van der Waals surface area contributed by atoms with Gasteiger partial charge in [-0.25, -0.2) is 5.01 Å². The van der Waals surface area contributed by atoms with E-state index in [1.807, 2.05) is 36.4 Å². The van der Waals surface area contributed by atoms with Gasteiger partial charge in [-0.3, -0.25) is 14.4 Å². The largest absolute Gasteiger partial charge is 0.274 e. The molecule has 148 valence electrons. The highest BCUT2D eigenvalue weighted by Crippen LogP contribution is 2.37. The highest BCUT2D eigenvalue weighted by Gasteiger charge is 2.50. The Morgan fingerprint density at radius 3 is 2.17 bits per heavy atom. The van der Waals surface area contributed by atoms with Crippen molar-refractivity contribution in [2.45, 2.75) is 19.4 Å². The molecule has 2 aliphatic rings. The van der Waals surface area contributed by atoms with Crippen molar-refractivity contribution >= 4 is 45.3 Å². The van der Waals surface area contributed by atoms with Crippen LogP contribution in [0.2, 0.25) is 5.02 Å². The van der Waals surface area contributed by atoms with Crippen LogP contribution in [-0.4, -0.2) is 27.7 Å². The second-order valence-corrected chi connectivity index (χ2v) is 8.44. The highest BCUT2D eigenvalue weighted by atomic mass is 79.9. The zero-order valence-electron chi connectivity index (χ0n) is 15.4. The number of halogens is 2. The van der Waals surface area contributed by atoms with Gasteiger partial charge in [0.2, 0.25) is 0 Å². The van der Waals surface area contributed by atoms with Crippen molar-refractivity contribution in [3.63, 3.8) is 0 Å². The average molecular weight is 474 g/mol. The number of nitrogens with zero attached hydrogens (tertiary/aromatic N) is 2. The molecule has 1 aliphatic carbocycles. The summed E-state index contributed by atoms with van der Waals surface area (Å²) in [6.45, 7) is 0.0850. The molecular formula is C22H18BrClN2O3. The number of carbonyl (C=O) groups is 3. The first-order valence-corrected chi connectivity index (χ1v) is 10.5. The molecular weight excluding hydrogens is 456 g/mol. The van der Waals surface area contributed by atoms with Crippen LogP contribution in [-0.2, 0) is 16.1 Å². The third-order valence-electron chi connectivity index (χ3n) is 5.31. The Kier molecular flexibility index (Phi) is 5.56. The number of hydrogen-bond donors (Lipinski definition) is 0. The number of rotatable bonds is 4. The van der Waals surface area contributed by atoms with Crippen LogP contribution in [0.3, 0.4) is 0 Å². The molecule has 0 spiro atoms. The van der Waals surface area contributed by atoms with E-state index in [1.54, 1.807) is 24.3 Å². The van der Waals surface area contributed by atoms with Crippen LogP contribution in [0.5, 0.6) is 0 Å². The van der Waals surface area contributed by atoms with Crippen molar-refractivity contribution in [2.75, 3.05) is 0 Å². The Labute approximate surface area is 182 Å². The normalized spacial score (nSPS) is 20.7. The quantitative estimate of drug-likeness (QED) is 0.481. The van der Waals surface area contributed by atoms with Crippen LogP contribution in [0.15, 0.2) is 65.2 Å². The molecule has 5 nitrogen and oxygen atoms in total. The number of amides is 3. The summed E-state index contributed by atoms with van der Waals surface area (Å²) in [6.07, 6.45) is 4.87. The molecule has 4 rings (SSSR count). The fourth-order valence-electron chi connectivity index (χ4n) is 3.79.